The van der Waals surface area contributed by atoms with Crippen molar-refractivity contribution in [2.75, 3.05) is 26.2 Å². The largest absolute Gasteiger partial charge is 0.488 e. The minimum Gasteiger partial charge on any atom is -0.488 e. The Morgan fingerprint density at radius 2 is 2.30 bits per heavy atom. The van der Waals surface area contributed by atoms with Gasteiger partial charge in [0, 0.05) is 37.1 Å². The molecule has 0 radical (unpaired) electrons. The zero-order valence-corrected chi connectivity index (χ0v) is 12.4. The summed E-state index contributed by atoms with van der Waals surface area (Å²) in [4.78, 5) is 2.58. The van der Waals surface area contributed by atoms with Crippen LogP contribution in [0.1, 0.15) is 18.4 Å². The highest BCUT2D eigenvalue weighted by Gasteiger charge is 2.36. The fourth-order valence-electron chi connectivity index (χ4n) is 3.96. The molecular formula is C16H21ClN2O. The van der Waals surface area contributed by atoms with Crippen LogP contribution >= 0.6 is 11.6 Å². The van der Waals surface area contributed by atoms with Gasteiger partial charge in [0.25, 0.3) is 0 Å². The van der Waals surface area contributed by atoms with E-state index in [9.17, 15) is 0 Å². The summed E-state index contributed by atoms with van der Waals surface area (Å²) in [6.45, 7) is 4.65. The molecule has 0 spiro atoms. The predicted molar refractivity (Wildman–Crippen MR) is 80.5 cm³/mol. The highest BCUT2D eigenvalue weighted by molar-refractivity contribution is 6.30. The Morgan fingerprint density at radius 3 is 3.20 bits per heavy atom. The molecule has 0 aliphatic carbocycles. The molecule has 3 atom stereocenters. The van der Waals surface area contributed by atoms with Crippen LogP contribution in [0.4, 0.5) is 0 Å². The second kappa shape index (κ2) is 5.21. The van der Waals surface area contributed by atoms with Gasteiger partial charge < -0.3 is 10.1 Å². The maximum absolute atomic E-state index is 6.06. The van der Waals surface area contributed by atoms with E-state index in [1.54, 1.807) is 0 Å². The van der Waals surface area contributed by atoms with E-state index in [4.69, 9.17) is 16.3 Å². The van der Waals surface area contributed by atoms with Gasteiger partial charge in [-0.1, -0.05) is 11.6 Å². The molecule has 0 bridgehead atoms. The van der Waals surface area contributed by atoms with Crippen LogP contribution < -0.4 is 10.1 Å². The molecule has 4 heteroatoms. The molecule has 3 aliphatic heterocycles. The second-order valence-corrected chi connectivity index (χ2v) is 6.81. The maximum Gasteiger partial charge on any atom is 0.123 e. The Morgan fingerprint density at radius 1 is 1.35 bits per heavy atom. The van der Waals surface area contributed by atoms with Crippen LogP contribution in [0.2, 0.25) is 5.02 Å². The smallest absolute Gasteiger partial charge is 0.123 e. The molecule has 4 rings (SSSR count). The average molecular weight is 293 g/mol. The number of nitrogens with one attached hydrogen (secondary N) is 1. The second-order valence-electron chi connectivity index (χ2n) is 6.38. The van der Waals surface area contributed by atoms with E-state index < -0.39 is 0 Å². The fourth-order valence-corrected chi connectivity index (χ4v) is 4.16. The van der Waals surface area contributed by atoms with Crippen LogP contribution in [0, 0.1) is 5.92 Å². The fraction of sp³-hybridized carbons (Fsp3) is 0.625. The molecule has 3 heterocycles. The zero-order valence-electron chi connectivity index (χ0n) is 11.6. The van der Waals surface area contributed by atoms with Gasteiger partial charge in [-0.2, -0.15) is 0 Å². The van der Waals surface area contributed by atoms with Gasteiger partial charge in [-0.3, -0.25) is 4.90 Å². The lowest BCUT2D eigenvalue weighted by Crippen LogP contribution is -2.41. The van der Waals surface area contributed by atoms with E-state index in [1.165, 1.54) is 38.0 Å². The van der Waals surface area contributed by atoms with E-state index in [0.717, 1.165) is 29.7 Å². The molecule has 1 aromatic rings. The minimum absolute atomic E-state index is 0.295. The number of nitrogens with zero attached hydrogens (tertiary/aromatic N) is 1. The van der Waals surface area contributed by atoms with Crippen LogP contribution in [0.25, 0.3) is 0 Å². The number of fused-ring (bicyclic) bond motifs is 2. The Kier molecular flexibility index (Phi) is 3.37. The summed E-state index contributed by atoms with van der Waals surface area (Å²) < 4.78 is 6.06. The summed E-state index contributed by atoms with van der Waals surface area (Å²) in [5.74, 6) is 1.87. The van der Waals surface area contributed by atoms with Crippen molar-refractivity contribution in [3.05, 3.63) is 28.8 Å². The number of piperidine rings is 1. The number of halogens is 1. The van der Waals surface area contributed by atoms with Gasteiger partial charge in [-0.15, -0.1) is 0 Å². The SMILES string of the molecule is Clc1ccc2c(c1)CC(CN1CC3CCCNC3C1)O2. The van der Waals surface area contributed by atoms with Gasteiger partial charge in [0.1, 0.15) is 11.9 Å². The molecule has 0 saturated carbocycles. The summed E-state index contributed by atoms with van der Waals surface area (Å²) in [6, 6.07) is 6.67. The third-order valence-corrected chi connectivity index (χ3v) is 5.14. The normalized spacial score (nSPS) is 32.8. The van der Waals surface area contributed by atoms with Crippen molar-refractivity contribution in [1.82, 2.24) is 10.2 Å². The van der Waals surface area contributed by atoms with Gasteiger partial charge in [-0.05, 0) is 49.1 Å². The van der Waals surface area contributed by atoms with Crippen LogP contribution in [0.5, 0.6) is 5.75 Å². The van der Waals surface area contributed by atoms with Crippen molar-refractivity contribution in [3.8, 4) is 5.75 Å². The molecule has 1 N–H and O–H groups in total. The number of benzene rings is 1. The summed E-state index contributed by atoms with van der Waals surface area (Å²) in [7, 11) is 0. The molecular weight excluding hydrogens is 272 g/mol. The van der Waals surface area contributed by atoms with E-state index in [1.807, 2.05) is 18.2 Å². The van der Waals surface area contributed by atoms with Crippen LogP contribution in [0.3, 0.4) is 0 Å². The molecule has 0 aromatic heterocycles. The maximum atomic E-state index is 6.06. The Balaban J connectivity index is 1.37. The highest BCUT2D eigenvalue weighted by atomic mass is 35.5. The van der Waals surface area contributed by atoms with Crippen molar-refractivity contribution < 1.29 is 4.74 Å². The first-order valence-corrected chi connectivity index (χ1v) is 8.06. The van der Waals surface area contributed by atoms with Crippen molar-refractivity contribution in [3.63, 3.8) is 0 Å². The van der Waals surface area contributed by atoms with Gasteiger partial charge in [-0.25, -0.2) is 0 Å². The van der Waals surface area contributed by atoms with Gasteiger partial charge >= 0.3 is 0 Å². The van der Waals surface area contributed by atoms with Crippen molar-refractivity contribution in [2.24, 2.45) is 5.92 Å². The Labute approximate surface area is 125 Å². The van der Waals surface area contributed by atoms with Crippen LogP contribution in [0.15, 0.2) is 18.2 Å². The quantitative estimate of drug-likeness (QED) is 0.905. The first-order valence-electron chi connectivity index (χ1n) is 7.69. The molecule has 1 aromatic carbocycles. The number of rotatable bonds is 2. The number of hydrogen-bond acceptors (Lipinski definition) is 3. The van der Waals surface area contributed by atoms with E-state index in [0.29, 0.717) is 12.1 Å². The molecule has 3 aliphatic rings. The van der Waals surface area contributed by atoms with Crippen molar-refractivity contribution in [2.45, 2.75) is 31.4 Å². The monoisotopic (exact) mass is 292 g/mol. The van der Waals surface area contributed by atoms with E-state index in [-0.39, 0.29) is 0 Å². The summed E-state index contributed by atoms with van der Waals surface area (Å²) >= 11 is 6.05. The topological polar surface area (TPSA) is 24.5 Å². The molecule has 20 heavy (non-hydrogen) atoms. The molecule has 3 nitrogen and oxygen atoms in total. The third-order valence-electron chi connectivity index (χ3n) is 4.90. The summed E-state index contributed by atoms with van der Waals surface area (Å²) in [5.41, 5.74) is 1.26. The van der Waals surface area contributed by atoms with Gasteiger partial charge in [0.05, 0.1) is 0 Å². The Hall–Kier alpha value is -0.770. The van der Waals surface area contributed by atoms with Crippen molar-refractivity contribution >= 4 is 11.6 Å². The summed E-state index contributed by atoms with van der Waals surface area (Å²) in [6.07, 6.45) is 4.01. The van der Waals surface area contributed by atoms with Gasteiger partial charge in [0.15, 0.2) is 0 Å². The first-order chi connectivity index (χ1) is 9.78. The number of hydrogen-bond donors (Lipinski definition) is 1. The molecule has 2 fully saturated rings. The number of ether oxygens (including phenoxy) is 1. The van der Waals surface area contributed by atoms with Gasteiger partial charge in [0.2, 0.25) is 0 Å². The predicted octanol–water partition coefficient (Wildman–Crippen LogP) is 2.33. The van der Waals surface area contributed by atoms with E-state index >= 15 is 0 Å². The minimum atomic E-state index is 0.295. The standard InChI is InChI=1S/C16H21ClN2O/c17-13-3-4-16-12(6-13)7-14(20-16)9-19-8-11-2-1-5-18-15(11)10-19/h3-4,6,11,14-15,18H,1-2,5,7-10H2. The van der Waals surface area contributed by atoms with E-state index in [2.05, 4.69) is 10.2 Å². The molecule has 0 amide bonds. The molecule has 108 valence electrons. The first kappa shape index (κ1) is 12.9. The lowest BCUT2D eigenvalue weighted by Gasteiger charge is -2.24. The van der Waals surface area contributed by atoms with Crippen LogP contribution in [-0.4, -0.2) is 43.2 Å². The third kappa shape index (κ3) is 2.43. The lowest BCUT2D eigenvalue weighted by atomic mass is 9.94. The summed E-state index contributed by atoms with van der Waals surface area (Å²) in [5, 5.41) is 4.47. The van der Waals surface area contributed by atoms with Crippen molar-refractivity contribution in [1.29, 1.82) is 0 Å². The van der Waals surface area contributed by atoms with Crippen LogP contribution in [-0.2, 0) is 6.42 Å². The zero-order chi connectivity index (χ0) is 13.5. The number of likely N-dealkylation sites (tertiary alicyclic amines) is 1. The average Bonchev–Trinajstić information content (AvgIpc) is 3.00. The Bertz CT molecular complexity index is 493. The molecule has 3 unspecified atom stereocenters. The molecule has 2 saturated heterocycles. The lowest BCUT2D eigenvalue weighted by molar-refractivity contribution is 0.165. The highest BCUT2D eigenvalue weighted by Crippen LogP contribution is 2.32.